The highest BCUT2D eigenvalue weighted by Crippen LogP contribution is 2.36. The van der Waals surface area contributed by atoms with E-state index < -0.39 is 0 Å². The van der Waals surface area contributed by atoms with Crippen LogP contribution in [0.3, 0.4) is 0 Å². The summed E-state index contributed by atoms with van der Waals surface area (Å²) in [6, 6.07) is 17.3. The molecule has 27 heavy (non-hydrogen) atoms. The first kappa shape index (κ1) is 17.7. The molecule has 1 aromatic heterocycles. The maximum absolute atomic E-state index is 12.6. The van der Waals surface area contributed by atoms with Crippen molar-refractivity contribution in [1.82, 2.24) is 15.1 Å². The molecule has 2 aromatic carbocycles. The van der Waals surface area contributed by atoms with Gasteiger partial charge in [-0.25, -0.2) is 0 Å². The molecule has 0 unspecified atom stereocenters. The summed E-state index contributed by atoms with van der Waals surface area (Å²) in [4.78, 5) is 14.5. The van der Waals surface area contributed by atoms with Gasteiger partial charge in [0.15, 0.2) is 5.01 Å². The highest BCUT2D eigenvalue weighted by atomic mass is 32.1. The maximum atomic E-state index is 12.6. The molecule has 3 aromatic rings. The van der Waals surface area contributed by atoms with Crippen LogP contribution in [-0.4, -0.2) is 41.2 Å². The monoisotopic (exact) mass is 379 g/mol. The van der Waals surface area contributed by atoms with E-state index in [1.807, 2.05) is 59.5 Å². The molecule has 1 aliphatic heterocycles. The molecule has 5 nitrogen and oxygen atoms in total. The Morgan fingerprint density at radius 1 is 1.04 bits per heavy atom. The Bertz CT molecular complexity index is 918. The van der Waals surface area contributed by atoms with Crippen molar-refractivity contribution in [1.29, 1.82) is 0 Å². The van der Waals surface area contributed by atoms with Gasteiger partial charge in [0.2, 0.25) is 0 Å². The van der Waals surface area contributed by atoms with Gasteiger partial charge >= 0.3 is 0 Å². The third-order valence-corrected chi connectivity index (χ3v) is 6.05. The molecule has 1 saturated heterocycles. The van der Waals surface area contributed by atoms with Crippen LogP contribution in [0.15, 0.2) is 54.6 Å². The molecule has 0 radical (unpaired) electrons. The lowest BCUT2D eigenvalue weighted by Gasteiger charge is -2.31. The van der Waals surface area contributed by atoms with Crippen LogP contribution >= 0.6 is 11.3 Å². The molecule has 0 spiro atoms. The van der Waals surface area contributed by atoms with Gasteiger partial charge in [-0.1, -0.05) is 41.7 Å². The number of methoxy groups -OCH3 is 1. The van der Waals surface area contributed by atoms with Crippen molar-refractivity contribution in [2.45, 2.75) is 18.8 Å². The lowest BCUT2D eigenvalue weighted by Crippen LogP contribution is -2.37. The van der Waals surface area contributed by atoms with E-state index in [0.717, 1.165) is 52.8 Å². The van der Waals surface area contributed by atoms with Gasteiger partial charge in [-0.2, -0.15) is 0 Å². The van der Waals surface area contributed by atoms with Crippen molar-refractivity contribution in [3.63, 3.8) is 0 Å². The predicted octanol–water partition coefficient (Wildman–Crippen LogP) is 4.23. The molecule has 0 atom stereocenters. The van der Waals surface area contributed by atoms with Gasteiger partial charge in [0.25, 0.3) is 5.91 Å². The smallest absolute Gasteiger partial charge is 0.253 e. The average Bonchev–Trinajstić information content (AvgIpc) is 3.24. The lowest BCUT2D eigenvalue weighted by atomic mass is 9.97. The number of benzene rings is 2. The molecular formula is C21H21N3O2S. The van der Waals surface area contributed by atoms with Gasteiger partial charge in [-0.15, -0.1) is 10.2 Å². The number of carbonyl (C=O) groups is 1. The second kappa shape index (κ2) is 7.88. The molecule has 6 heteroatoms. The molecule has 1 aliphatic rings. The van der Waals surface area contributed by atoms with Crippen LogP contribution in [0.4, 0.5) is 0 Å². The number of aromatic nitrogens is 2. The number of likely N-dealkylation sites (tertiary alicyclic amines) is 1. The topological polar surface area (TPSA) is 55.3 Å². The summed E-state index contributed by atoms with van der Waals surface area (Å²) in [7, 11) is 1.67. The van der Waals surface area contributed by atoms with E-state index in [2.05, 4.69) is 10.2 Å². The Morgan fingerprint density at radius 2 is 1.74 bits per heavy atom. The van der Waals surface area contributed by atoms with E-state index >= 15 is 0 Å². The maximum Gasteiger partial charge on any atom is 0.253 e. The normalized spacial score (nSPS) is 14.9. The highest BCUT2D eigenvalue weighted by Gasteiger charge is 2.27. The molecule has 0 aliphatic carbocycles. The molecule has 4 rings (SSSR count). The molecule has 0 bridgehead atoms. The van der Waals surface area contributed by atoms with Crippen molar-refractivity contribution in [2.24, 2.45) is 0 Å². The van der Waals surface area contributed by atoms with E-state index in [0.29, 0.717) is 5.92 Å². The number of ether oxygens (including phenoxy) is 1. The zero-order chi connectivity index (χ0) is 18.6. The van der Waals surface area contributed by atoms with Gasteiger partial charge < -0.3 is 9.64 Å². The molecule has 1 fully saturated rings. The third-order valence-electron chi connectivity index (χ3n) is 4.93. The molecular weight excluding hydrogens is 358 g/mol. The van der Waals surface area contributed by atoms with Crippen LogP contribution in [0.5, 0.6) is 5.75 Å². The quantitative estimate of drug-likeness (QED) is 0.681. The number of rotatable bonds is 4. The largest absolute Gasteiger partial charge is 0.496 e. The fourth-order valence-corrected chi connectivity index (χ4v) is 4.46. The van der Waals surface area contributed by atoms with Gasteiger partial charge in [-0.05, 0) is 37.1 Å². The van der Waals surface area contributed by atoms with Crippen LogP contribution in [0.25, 0.3) is 10.6 Å². The first-order valence-corrected chi connectivity index (χ1v) is 9.89. The van der Waals surface area contributed by atoms with Crippen molar-refractivity contribution in [2.75, 3.05) is 20.2 Å². The minimum absolute atomic E-state index is 0.112. The molecule has 1 amide bonds. The average molecular weight is 379 g/mol. The lowest BCUT2D eigenvalue weighted by molar-refractivity contribution is 0.0713. The van der Waals surface area contributed by atoms with E-state index in [1.54, 1.807) is 18.4 Å². The first-order chi connectivity index (χ1) is 13.3. The van der Waals surface area contributed by atoms with Gasteiger partial charge in [0.05, 0.1) is 12.7 Å². The minimum atomic E-state index is 0.112. The Hall–Kier alpha value is -2.73. The fraction of sp³-hybridized carbons (Fsp3) is 0.286. The fourth-order valence-electron chi connectivity index (χ4n) is 3.42. The van der Waals surface area contributed by atoms with E-state index in [9.17, 15) is 4.79 Å². The van der Waals surface area contributed by atoms with Gasteiger partial charge in [0, 0.05) is 24.6 Å². The second-order valence-electron chi connectivity index (χ2n) is 6.58. The van der Waals surface area contributed by atoms with Crippen LogP contribution < -0.4 is 4.74 Å². The number of nitrogens with zero attached hydrogens (tertiary/aromatic N) is 3. The zero-order valence-corrected chi connectivity index (χ0v) is 16.0. The molecule has 0 saturated carbocycles. The summed E-state index contributed by atoms with van der Waals surface area (Å²) in [5, 5.41) is 10.7. The molecule has 0 N–H and O–H groups in total. The van der Waals surface area contributed by atoms with E-state index in [4.69, 9.17) is 4.74 Å². The Labute approximate surface area is 162 Å². The second-order valence-corrected chi connectivity index (χ2v) is 7.59. The Kier molecular flexibility index (Phi) is 5.16. The molecule has 2 heterocycles. The van der Waals surface area contributed by atoms with Crippen LogP contribution in [0, 0.1) is 0 Å². The number of carbonyl (C=O) groups excluding carboxylic acids is 1. The first-order valence-electron chi connectivity index (χ1n) is 9.07. The van der Waals surface area contributed by atoms with Gasteiger partial charge in [-0.3, -0.25) is 4.79 Å². The molecule has 138 valence electrons. The Morgan fingerprint density at radius 3 is 2.48 bits per heavy atom. The summed E-state index contributed by atoms with van der Waals surface area (Å²) >= 11 is 1.62. The van der Waals surface area contributed by atoms with Crippen molar-refractivity contribution >= 4 is 17.2 Å². The highest BCUT2D eigenvalue weighted by molar-refractivity contribution is 7.14. The van der Waals surface area contributed by atoms with Crippen molar-refractivity contribution < 1.29 is 9.53 Å². The van der Waals surface area contributed by atoms with Crippen LogP contribution in [0.1, 0.15) is 34.1 Å². The number of hydrogen-bond acceptors (Lipinski definition) is 5. The third kappa shape index (κ3) is 3.71. The van der Waals surface area contributed by atoms with Crippen LogP contribution in [-0.2, 0) is 0 Å². The Balaban J connectivity index is 1.43. The van der Waals surface area contributed by atoms with E-state index in [1.165, 1.54) is 0 Å². The van der Waals surface area contributed by atoms with Crippen LogP contribution in [0.2, 0.25) is 0 Å². The van der Waals surface area contributed by atoms with Crippen molar-refractivity contribution in [3.05, 3.63) is 65.2 Å². The summed E-state index contributed by atoms with van der Waals surface area (Å²) in [5.41, 5.74) is 1.73. The number of amides is 1. The summed E-state index contributed by atoms with van der Waals surface area (Å²) < 4.78 is 5.43. The summed E-state index contributed by atoms with van der Waals surface area (Å²) in [6.45, 7) is 1.50. The number of piperidine rings is 1. The minimum Gasteiger partial charge on any atom is -0.496 e. The number of para-hydroxylation sites is 1. The van der Waals surface area contributed by atoms with Crippen molar-refractivity contribution in [3.8, 4) is 16.3 Å². The predicted molar refractivity (Wildman–Crippen MR) is 106 cm³/mol. The summed E-state index contributed by atoms with van der Waals surface area (Å²) in [6.07, 6.45) is 1.83. The number of hydrogen-bond donors (Lipinski definition) is 0. The van der Waals surface area contributed by atoms with E-state index in [-0.39, 0.29) is 5.91 Å². The summed E-state index contributed by atoms with van der Waals surface area (Å²) in [5.74, 6) is 1.27. The standard InChI is InChI=1S/C21H21N3O2S/c1-26-18-10-6-5-9-17(18)20-23-22-19(27-20)15-11-13-24(14-12-15)21(25)16-7-3-2-4-8-16/h2-10,15H,11-14H2,1H3. The zero-order valence-electron chi connectivity index (χ0n) is 15.2. The van der Waals surface area contributed by atoms with Gasteiger partial charge in [0.1, 0.15) is 10.8 Å². The SMILES string of the molecule is COc1ccccc1-c1nnc(C2CCN(C(=O)c3ccccc3)CC2)s1.